The highest BCUT2D eigenvalue weighted by Crippen LogP contribution is 2.36. The van der Waals surface area contributed by atoms with E-state index in [0.717, 1.165) is 34.8 Å². The molecule has 2 heterocycles. The summed E-state index contributed by atoms with van der Waals surface area (Å²) in [6, 6.07) is 10.9. The summed E-state index contributed by atoms with van der Waals surface area (Å²) in [4.78, 5) is 17.0. The molecule has 0 unspecified atom stereocenters. The summed E-state index contributed by atoms with van der Waals surface area (Å²) in [5.41, 5.74) is 3.60. The molecule has 0 saturated carbocycles. The van der Waals surface area contributed by atoms with Crippen LogP contribution in [0.25, 0.3) is 0 Å². The van der Waals surface area contributed by atoms with E-state index in [9.17, 15) is 4.79 Å². The summed E-state index contributed by atoms with van der Waals surface area (Å²) >= 11 is 5.87. The molecule has 2 aromatic rings. The van der Waals surface area contributed by atoms with Crippen LogP contribution in [0, 0.1) is 0 Å². The number of ketones is 1. The Bertz CT molecular complexity index is 812. The lowest BCUT2D eigenvalue weighted by Gasteiger charge is -2.17. The molecule has 0 saturated heterocycles. The quantitative estimate of drug-likeness (QED) is 0.808. The third kappa shape index (κ3) is 2.70. The van der Waals surface area contributed by atoms with Crippen molar-refractivity contribution in [3.05, 3.63) is 58.1 Å². The van der Waals surface area contributed by atoms with E-state index < -0.39 is 0 Å². The number of carbonyl (C=O) groups excluding carboxylic acids is 1. The zero-order chi connectivity index (χ0) is 15.8. The van der Waals surface area contributed by atoms with Crippen LogP contribution in [0.5, 0.6) is 11.5 Å². The SMILES string of the molecule is O=C(CC1=NCCc2cc3c(cc21)OCO3)c1ccc(Cl)cc1. The molecule has 23 heavy (non-hydrogen) atoms. The van der Waals surface area contributed by atoms with Gasteiger partial charge < -0.3 is 9.47 Å². The molecule has 0 bridgehead atoms. The maximum atomic E-state index is 12.5. The van der Waals surface area contributed by atoms with Gasteiger partial charge in [-0.3, -0.25) is 9.79 Å². The van der Waals surface area contributed by atoms with Crippen molar-refractivity contribution in [2.45, 2.75) is 12.8 Å². The molecule has 0 aromatic heterocycles. The summed E-state index contributed by atoms with van der Waals surface area (Å²) < 4.78 is 10.9. The third-order valence-corrected chi connectivity index (χ3v) is 4.34. The van der Waals surface area contributed by atoms with Crippen LogP contribution in [0.3, 0.4) is 0 Å². The van der Waals surface area contributed by atoms with Crippen LogP contribution in [0.4, 0.5) is 0 Å². The average Bonchev–Trinajstić information content (AvgIpc) is 3.01. The average molecular weight is 328 g/mol. The number of hydrogen-bond donors (Lipinski definition) is 0. The molecule has 0 N–H and O–H groups in total. The van der Waals surface area contributed by atoms with Crippen LogP contribution in [-0.4, -0.2) is 24.8 Å². The van der Waals surface area contributed by atoms with Crippen molar-refractivity contribution >= 4 is 23.1 Å². The lowest BCUT2D eigenvalue weighted by atomic mass is 9.93. The lowest BCUT2D eigenvalue weighted by molar-refractivity contribution is 0.100. The first-order valence-electron chi connectivity index (χ1n) is 7.46. The second kappa shape index (κ2) is 5.70. The molecule has 0 atom stereocenters. The highest BCUT2D eigenvalue weighted by molar-refractivity contribution is 6.30. The first kappa shape index (κ1) is 14.3. The maximum absolute atomic E-state index is 12.5. The standard InChI is InChI=1S/C18H14ClNO3/c19-13-3-1-11(2-4-13)16(21)9-15-14-8-18-17(22-10-23-18)7-12(14)5-6-20-15/h1-4,7-8H,5-6,9-10H2. The van der Waals surface area contributed by atoms with Crippen LogP contribution in [0.2, 0.25) is 5.02 Å². The molecule has 5 heteroatoms. The van der Waals surface area contributed by atoms with E-state index in [2.05, 4.69) is 4.99 Å². The summed E-state index contributed by atoms with van der Waals surface area (Å²) in [6.07, 6.45) is 1.12. The fourth-order valence-corrected chi connectivity index (χ4v) is 3.02. The predicted octanol–water partition coefficient (Wildman–Crippen LogP) is 3.69. The Morgan fingerprint density at radius 3 is 2.65 bits per heavy atom. The number of Topliss-reactive ketones (excluding diaryl/α,β-unsaturated/α-hetero) is 1. The van der Waals surface area contributed by atoms with Gasteiger partial charge in [-0.25, -0.2) is 0 Å². The van der Waals surface area contributed by atoms with Gasteiger partial charge in [0.15, 0.2) is 17.3 Å². The Kier molecular flexibility index (Phi) is 3.54. The minimum Gasteiger partial charge on any atom is -0.454 e. The van der Waals surface area contributed by atoms with Gasteiger partial charge in [0.25, 0.3) is 0 Å². The van der Waals surface area contributed by atoms with Crippen LogP contribution in [-0.2, 0) is 6.42 Å². The smallest absolute Gasteiger partial charge is 0.231 e. The number of carbonyl (C=O) groups is 1. The van der Waals surface area contributed by atoms with Gasteiger partial charge in [-0.05, 0) is 48.4 Å². The number of rotatable bonds is 3. The summed E-state index contributed by atoms with van der Waals surface area (Å²) in [5.74, 6) is 1.53. The normalized spacial score (nSPS) is 15.1. The van der Waals surface area contributed by atoms with Crippen molar-refractivity contribution in [3.8, 4) is 11.5 Å². The van der Waals surface area contributed by atoms with Gasteiger partial charge in [0, 0.05) is 22.7 Å². The number of aliphatic imine (C=N–C) groups is 1. The summed E-state index contributed by atoms with van der Waals surface area (Å²) in [6.45, 7) is 0.935. The van der Waals surface area contributed by atoms with Crippen LogP contribution >= 0.6 is 11.6 Å². The van der Waals surface area contributed by atoms with Crippen molar-refractivity contribution in [2.24, 2.45) is 4.99 Å². The number of benzene rings is 2. The van der Waals surface area contributed by atoms with Gasteiger partial charge in [0.2, 0.25) is 6.79 Å². The van der Waals surface area contributed by atoms with E-state index >= 15 is 0 Å². The maximum Gasteiger partial charge on any atom is 0.231 e. The molecule has 4 nitrogen and oxygen atoms in total. The predicted molar refractivity (Wildman–Crippen MR) is 88.1 cm³/mol. The van der Waals surface area contributed by atoms with Crippen LogP contribution in [0.1, 0.15) is 27.9 Å². The van der Waals surface area contributed by atoms with E-state index in [1.54, 1.807) is 24.3 Å². The molecule has 2 aliphatic rings. The van der Waals surface area contributed by atoms with Crippen molar-refractivity contribution in [2.75, 3.05) is 13.3 Å². The highest BCUT2D eigenvalue weighted by Gasteiger charge is 2.23. The Morgan fingerprint density at radius 1 is 1.13 bits per heavy atom. The molecule has 0 radical (unpaired) electrons. The highest BCUT2D eigenvalue weighted by atomic mass is 35.5. The lowest BCUT2D eigenvalue weighted by Crippen LogP contribution is -2.17. The Balaban J connectivity index is 1.62. The number of nitrogens with zero attached hydrogens (tertiary/aromatic N) is 1. The van der Waals surface area contributed by atoms with Gasteiger partial charge in [0.05, 0.1) is 12.1 Å². The second-order valence-corrected chi connectivity index (χ2v) is 5.98. The van der Waals surface area contributed by atoms with E-state index in [1.807, 2.05) is 12.1 Å². The van der Waals surface area contributed by atoms with Crippen molar-refractivity contribution in [1.82, 2.24) is 0 Å². The van der Waals surface area contributed by atoms with Crippen LogP contribution in [0.15, 0.2) is 41.4 Å². The minimum atomic E-state index is 0.0333. The number of ether oxygens (including phenoxy) is 2. The molecule has 0 fully saturated rings. The number of hydrogen-bond acceptors (Lipinski definition) is 4. The first-order chi connectivity index (χ1) is 11.2. The molecule has 0 amide bonds. The van der Waals surface area contributed by atoms with Crippen molar-refractivity contribution in [1.29, 1.82) is 0 Å². The molecular weight excluding hydrogens is 314 g/mol. The Hall–Kier alpha value is -2.33. The van der Waals surface area contributed by atoms with Crippen molar-refractivity contribution < 1.29 is 14.3 Å². The zero-order valence-corrected chi connectivity index (χ0v) is 13.1. The van der Waals surface area contributed by atoms with Gasteiger partial charge in [-0.1, -0.05) is 11.6 Å². The third-order valence-electron chi connectivity index (χ3n) is 4.09. The van der Waals surface area contributed by atoms with E-state index in [-0.39, 0.29) is 19.0 Å². The van der Waals surface area contributed by atoms with Crippen molar-refractivity contribution in [3.63, 3.8) is 0 Å². The molecule has 0 spiro atoms. The summed E-state index contributed by atoms with van der Waals surface area (Å²) in [5, 5.41) is 0.620. The fourth-order valence-electron chi connectivity index (χ4n) is 2.90. The zero-order valence-electron chi connectivity index (χ0n) is 12.3. The van der Waals surface area contributed by atoms with Gasteiger partial charge in [-0.15, -0.1) is 0 Å². The van der Waals surface area contributed by atoms with Gasteiger partial charge in [-0.2, -0.15) is 0 Å². The number of halogens is 1. The largest absolute Gasteiger partial charge is 0.454 e. The molecule has 2 aliphatic heterocycles. The monoisotopic (exact) mass is 327 g/mol. The second-order valence-electron chi connectivity index (χ2n) is 5.55. The summed E-state index contributed by atoms with van der Waals surface area (Å²) in [7, 11) is 0. The topological polar surface area (TPSA) is 47.9 Å². The Labute approximate surface area is 138 Å². The number of fused-ring (bicyclic) bond motifs is 2. The molecule has 116 valence electrons. The van der Waals surface area contributed by atoms with Gasteiger partial charge >= 0.3 is 0 Å². The molecule has 2 aromatic carbocycles. The Morgan fingerprint density at radius 2 is 1.87 bits per heavy atom. The molecule has 4 rings (SSSR count). The van der Waals surface area contributed by atoms with E-state index in [1.165, 1.54) is 0 Å². The minimum absolute atomic E-state index is 0.0333. The molecular formula is C18H14ClNO3. The van der Waals surface area contributed by atoms with Crippen LogP contribution < -0.4 is 9.47 Å². The van der Waals surface area contributed by atoms with E-state index in [4.69, 9.17) is 21.1 Å². The fraction of sp³-hybridized carbons (Fsp3) is 0.222. The van der Waals surface area contributed by atoms with E-state index in [0.29, 0.717) is 17.1 Å². The van der Waals surface area contributed by atoms with Gasteiger partial charge in [0.1, 0.15) is 0 Å². The molecule has 0 aliphatic carbocycles. The first-order valence-corrected chi connectivity index (χ1v) is 7.83.